The summed E-state index contributed by atoms with van der Waals surface area (Å²) in [4.78, 5) is 0. The van der Waals surface area contributed by atoms with E-state index in [1.807, 2.05) is 0 Å². The summed E-state index contributed by atoms with van der Waals surface area (Å²) < 4.78 is 0. The van der Waals surface area contributed by atoms with Crippen molar-refractivity contribution in [3.8, 4) is 0 Å². The monoisotopic (exact) mass is 215 g/mol. The molecule has 1 saturated heterocycles. The Kier molecular flexibility index (Phi) is 5.32. The molecule has 0 aromatic rings. The quantitative estimate of drug-likeness (QED) is 0.729. The summed E-state index contributed by atoms with van der Waals surface area (Å²) in [5.41, 5.74) is 0.563. The van der Waals surface area contributed by atoms with E-state index in [0.29, 0.717) is 5.41 Å². The maximum Gasteiger partial charge on any atom is 0.0166 e. The van der Waals surface area contributed by atoms with Crippen LogP contribution in [-0.2, 0) is 0 Å². The van der Waals surface area contributed by atoms with Crippen molar-refractivity contribution in [1.82, 2.24) is 5.32 Å². The minimum Gasteiger partial charge on any atom is -0.313 e. The maximum absolute atomic E-state index is 3.75. The highest BCUT2D eigenvalue weighted by molar-refractivity contribution is 7.99. The van der Waals surface area contributed by atoms with Gasteiger partial charge in [-0.2, -0.15) is 11.8 Å². The first-order chi connectivity index (χ1) is 6.76. The Labute approximate surface area is 93.4 Å². The van der Waals surface area contributed by atoms with Crippen molar-refractivity contribution in [2.75, 3.05) is 18.1 Å². The molecule has 0 aliphatic carbocycles. The van der Waals surface area contributed by atoms with Crippen LogP contribution in [0, 0.1) is 5.41 Å². The van der Waals surface area contributed by atoms with Crippen LogP contribution in [0.15, 0.2) is 0 Å². The molecule has 0 saturated carbocycles. The number of rotatable bonds is 6. The Hall–Kier alpha value is 0.310. The van der Waals surface area contributed by atoms with Gasteiger partial charge in [0.1, 0.15) is 0 Å². The van der Waals surface area contributed by atoms with Crippen molar-refractivity contribution in [2.45, 2.75) is 52.5 Å². The minimum absolute atomic E-state index is 0.563. The predicted octanol–water partition coefficient (Wildman–Crippen LogP) is 3.30. The van der Waals surface area contributed by atoms with E-state index in [4.69, 9.17) is 0 Å². The number of nitrogens with one attached hydrogen (secondary N) is 1. The molecule has 0 amide bonds. The molecule has 0 spiro atoms. The lowest BCUT2D eigenvalue weighted by Crippen LogP contribution is -2.39. The van der Waals surface area contributed by atoms with E-state index in [0.717, 1.165) is 6.04 Å². The summed E-state index contributed by atoms with van der Waals surface area (Å²) in [6, 6.07) is 0.795. The van der Waals surface area contributed by atoms with Crippen molar-refractivity contribution < 1.29 is 0 Å². The van der Waals surface area contributed by atoms with Gasteiger partial charge in [0.25, 0.3) is 0 Å². The van der Waals surface area contributed by atoms with Crippen molar-refractivity contribution >= 4 is 11.8 Å². The topological polar surface area (TPSA) is 12.0 Å². The van der Waals surface area contributed by atoms with E-state index >= 15 is 0 Å². The van der Waals surface area contributed by atoms with Crippen LogP contribution < -0.4 is 5.32 Å². The van der Waals surface area contributed by atoms with Crippen LogP contribution in [0.5, 0.6) is 0 Å². The highest BCUT2D eigenvalue weighted by Crippen LogP contribution is 2.30. The summed E-state index contributed by atoms with van der Waals surface area (Å²) >= 11 is 2.09. The van der Waals surface area contributed by atoms with Gasteiger partial charge in [-0.1, -0.05) is 20.8 Å². The van der Waals surface area contributed by atoms with Crippen LogP contribution in [0.1, 0.15) is 46.5 Å². The fourth-order valence-corrected chi connectivity index (χ4v) is 3.37. The zero-order valence-electron chi connectivity index (χ0n) is 9.94. The molecule has 1 fully saturated rings. The second-order valence-corrected chi connectivity index (χ2v) is 5.65. The van der Waals surface area contributed by atoms with E-state index in [1.165, 1.54) is 43.7 Å². The number of hydrogen-bond acceptors (Lipinski definition) is 2. The molecule has 2 heteroatoms. The lowest BCUT2D eigenvalue weighted by Gasteiger charge is -2.32. The van der Waals surface area contributed by atoms with Gasteiger partial charge < -0.3 is 5.32 Å². The van der Waals surface area contributed by atoms with Crippen molar-refractivity contribution in [3.05, 3.63) is 0 Å². The average Bonchev–Trinajstić information content (AvgIpc) is 2.74. The smallest absolute Gasteiger partial charge is 0.0166 e. The predicted molar refractivity (Wildman–Crippen MR) is 67.0 cm³/mol. The Morgan fingerprint density at radius 2 is 1.86 bits per heavy atom. The van der Waals surface area contributed by atoms with Crippen LogP contribution in [0.3, 0.4) is 0 Å². The molecule has 1 heterocycles. The van der Waals surface area contributed by atoms with Crippen LogP contribution in [0.25, 0.3) is 0 Å². The molecular weight excluding hydrogens is 190 g/mol. The molecule has 1 atom stereocenters. The van der Waals surface area contributed by atoms with Crippen molar-refractivity contribution in [1.29, 1.82) is 0 Å². The fraction of sp³-hybridized carbons (Fsp3) is 1.00. The molecule has 1 aliphatic rings. The molecule has 0 radical (unpaired) electrons. The Morgan fingerprint density at radius 1 is 1.21 bits per heavy atom. The highest BCUT2D eigenvalue weighted by atomic mass is 32.2. The third-order valence-corrected chi connectivity index (χ3v) is 5.11. The highest BCUT2D eigenvalue weighted by Gasteiger charge is 2.25. The first kappa shape index (κ1) is 12.4. The normalized spacial score (nSPS) is 22.9. The molecular formula is C12H25NS. The molecule has 1 unspecified atom stereocenters. The Bertz CT molecular complexity index is 140. The van der Waals surface area contributed by atoms with E-state index < -0.39 is 0 Å². The lowest BCUT2D eigenvalue weighted by atomic mass is 9.79. The van der Waals surface area contributed by atoms with Gasteiger partial charge in [-0.05, 0) is 36.9 Å². The third-order valence-electron chi connectivity index (χ3n) is 3.95. The summed E-state index contributed by atoms with van der Waals surface area (Å²) in [7, 11) is 0. The zero-order valence-corrected chi connectivity index (χ0v) is 10.8. The lowest BCUT2D eigenvalue weighted by molar-refractivity contribution is 0.230. The van der Waals surface area contributed by atoms with Crippen molar-refractivity contribution in [2.24, 2.45) is 5.41 Å². The third kappa shape index (κ3) is 3.16. The molecule has 0 bridgehead atoms. The SMILES string of the molecule is CCC(CC)(CC)CNC1CCSC1. The molecule has 0 aromatic heterocycles. The summed E-state index contributed by atoms with van der Waals surface area (Å²) in [6.07, 6.45) is 5.31. The first-order valence-electron chi connectivity index (χ1n) is 6.07. The van der Waals surface area contributed by atoms with Crippen LogP contribution in [0.2, 0.25) is 0 Å². The summed E-state index contributed by atoms with van der Waals surface area (Å²) in [5, 5.41) is 3.75. The van der Waals surface area contributed by atoms with Crippen LogP contribution >= 0.6 is 11.8 Å². The van der Waals surface area contributed by atoms with Gasteiger partial charge in [-0.15, -0.1) is 0 Å². The molecule has 1 N–H and O–H groups in total. The van der Waals surface area contributed by atoms with Gasteiger partial charge in [0.05, 0.1) is 0 Å². The van der Waals surface area contributed by atoms with E-state index in [2.05, 4.69) is 37.8 Å². The fourth-order valence-electron chi connectivity index (χ4n) is 2.18. The van der Waals surface area contributed by atoms with E-state index in [9.17, 15) is 0 Å². The molecule has 1 nitrogen and oxygen atoms in total. The second-order valence-electron chi connectivity index (χ2n) is 4.50. The first-order valence-corrected chi connectivity index (χ1v) is 7.23. The van der Waals surface area contributed by atoms with Gasteiger partial charge in [-0.25, -0.2) is 0 Å². The van der Waals surface area contributed by atoms with Crippen molar-refractivity contribution in [3.63, 3.8) is 0 Å². The van der Waals surface area contributed by atoms with Gasteiger partial charge in [0, 0.05) is 18.3 Å². The Balaban J connectivity index is 2.31. The Morgan fingerprint density at radius 3 is 2.29 bits per heavy atom. The van der Waals surface area contributed by atoms with Gasteiger partial charge >= 0.3 is 0 Å². The molecule has 14 heavy (non-hydrogen) atoms. The molecule has 84 valence electrons. The summed E-state index contributed by atoms with van der Waals surface area (Å²) in [5.74, 6) is 2.68. The molecule has 0 aromatic carbocycles. The zero-order chi connectivity index (χ0) is 10.4. The molecule has 1 aliphatic heterocycles. The number of hydrogen-bond donors (Lipinski definition) is 1. The standard InChI is InChI=1S/C12H25NS/c1-4-12(5-2,6-3)10-13-11-7-8-14-9-11/h11,13H,4-10H2,1-3H3. The van der Waals surface area contributed by atoms with Crippen LogP contribution in [-0.4, -0.2) is 24.1 Å². The second kappa shape index (κ2) is 6.02. The molecule has 1 rings (SSSR count). The maximum atomic E-state index is 3.75. The van der Waals surface area contributed by atoms with Gasteiger partial charge in [0.15, 0.2) is 0 Å². The minimum atomic E-state index is 0.563. The van der Waals surface area contributed by atoms with Crippen LogP contribution in [0.4, 0.5) is 0 Å². The van der Waals surface area contributed by atoms with E-state index in [1.54, 1.807) is 0 Å². The van der Waals surface area contributed by atoms with Gasteiger partial charge in [-0.3, -0.25) is 0 Å². The summed E-state index contributed by atoms with van der Waals surface area (Å²) in [6.45, 7) is 8.22. The average molecular weight is 215 g/mol. The van der Waals surface area contributed by atoms with E-state index in [-0.39, 0.29) is 0 Å². The largest absolute Gasteiger partial charge is 0.313 e. The number of thioether (sulfide) groups is 1. The van der Waals surface area contributed by atoms with Gasteiger partial charge in [0.2, 0.25) is 0 Å².